The van der Waals surface area contributed by atoms with Gasteiger partial charge in [0.05, 0.1) is 6.10 Å². The molecule has 0 saturated heterocycles. The van der Waals surface area contributed by atoms with Crippen LogP contribution in [0.4, 0.5) is 0 Å². The summed E-state index contributed by atoms with van der Waals surface area (Å²) in [5.41, 5.74) is 0. The predicted molar refractivity (Wildman–Crippen MR) is 115 cm³/mol. The molecule has 0 aromatic carbocycles. The molecule has 5 heteroatoms. The average molecular weight is 387 g/mol. The first-order chi connectivity index (χ1) is 11.0. The molecular formula is C20H42O3Si2. The fourth-order valence-corrected chi connectivity index (χ4v) is 4.02. The van der Waals surface area contributed by atoms with Crippen LogP contribution in [0.15, 0.2) is 24.8 Å². The molecule has 0 aliphatic heterocycles. The lowest BCUT2D eigenvalue weighted by molar-refractivity contribution is 0.0874. The lowest BCUT2D eigenvalue weighted by atomic mass is 10.2. The monoisotopic (exact) mass is 386 g/mol. The average Bonchev–Trinajstić information content (AvgIpc) is 2.42. The molecule has 0 radical (unpaired) electrons. The van der Waals surface area contributed by atoms with Gasteiger partial charge in [0, 0.05) is 6.61 Å². The minimum Gasteiger partial charge on any atom is -0.417 e. The second-order valence-electron chi connectivity index (χ2n) is 9.89. The largest absolute Gasteiger partial charge is 0.417 e. The SMILES string of the molecule is C=C[C@H](O)[C@H](C=CCCO[Si](C)(C)C(C)(C)C)O[Si](C)(C)C(C)(C)C. The van der Waals surface area contributed by atoms with E-state index in [0.717, 1.165) is 6.42 Å². The summed E-state index contributed by atoms with van der Waals surface area (Å²) >= 11 is 0. The van der Waals surface area contributed by atoms with Crippen molar-refractivity contribution in [3.8, 4) is 0 Å². The van der Waals surface area contributed by atoms with E-state index in [1.54, 1.807) is 6.08 Å². The highest BCUT2D eigenvalue weighted by atomic mass is 28.4. The lowest BCUT2D eigenvalue weighted by Gasteiger charge is -2.39. The zero-order valence-electron chi connectivity index (χ0n) is 18.3. The summed E-state index contributed by atoms with van der Waals surface area (Å²) in [5.74, 6) is 0. The van der Waals surface area contributed by atoms with Gasteiger partial charge in [0.1, 0.15) is 6.10 Å². The van der Waals surface area contributed by atoms with Crippen molar-refractivity contribution in [3.05, 3.63) is 24.8 Å². The molecule has 0 aromatic rings. The summed E-state index contributed by atoms with van der Waals surface area (Å²) in [5, 5.41) is 10.6. The van der Waals surface area contributed by atoms with Crippen LogP contribution >= 0.6 is 0 Å². The molecular weight excluding hydrogens is 344 g/mol. The topological polar surface area (TPSA) is 38.7 Å². The van der Waals surface area contributed by atoms with Gasteiger partial charge in [-0.15, -0.1) is 6.58 Å². The van der Waals surface area contributed by atoms with Crippen LogP contribution in [0.5, 0.6) is 0 Å². The molecule has 0 aliphatic rings. The van der Waals surface area contributed by atoms with Crippen molar-refractivity contribution < 1.29 is 14.0 Å². The Kier molecular flexibility index (Phi) is 9.06. The van der Waals surface area contributed by atoms with Gasteiger partial charge in [0.2, 0.25) is 0 Å². The van der Waals surface area contributed by atoms with E-state index in [4.69, 9.17) is 8.85 Å². The van der Waals surface area contributed by atoms with Crippen LogP contribution < -0.4 is 0 Å². The van der Waals surface area contributed by atoms with Gasteiger partial charge in [0.25, 0.3) is 0 Å². The van der Waals surface area contributed by atoms with Crippen molar-refractivity contribution in [3.63, 3.8) is 0 Å². The highest BCUT2D eigenvalue weighted by Crippen LogP contribution is 2.38. The van der Waals surface area contributed by atoms with E-state index < -0.39 is 22.7 Å². The van der Waals surface area contributed by atoms with Crippen molar-refractivity contribution in [1.29, 1.82) is 0 Å². The van der Waals surface area contributed by atoms with E-state index in [9.17, 15) is 5.11 Å². The maximum absolute atomic E-state index is 10.2. The minimum atomic E-state index is -1.95. The minimum absolute atomic E-state index is 0.103. The van der Waals surface area contributed by atoms with Crippen LogP contribution in [0.25, 0.3) is 0 Å². The second-order valence-corrected chi connectivity index (χ2v) is 19.5. The summed E-state index contributed by atoms with van der Waals surface area (Å²) in [7, 11) is -3.65. The molecule has 0 bridgehead atoms. The molecule has 0 spiro atoms. The Bertz CT molecular complexity index is 443. The number of aliphatic hydroxyl groups is 1. The van der Waals surface area contributed by atoms with Crippen molar-refractivity contribution in [2.45, 2.75) is 96.4 Å². The van der Waals surface area contributed by atoms with Crippen molar-refractivity contribution in [2.24, 2.45) is 0 Å². The molecule has 3 nitrogen and oxygen atoms in total. The van der Waals surface area contributed by atoms with Gasteiger partial charge >= 0.3 is 0 Å². The first-order valence-electron chi connectivity index (χ1n) is 9.34. The van der Waals surface area contributed by atoms with E-state index in [1.807, 2.05) is 6.08 Å². The Morgan fingerprint density at radius 2 is 1.44 bits per heavy atom. The highest BCUT2D eigenvalue weighted by Gasteiger charge is 2.40. The lowest BCUT2D eigenvalue weighted by Crippen LogP contribution is -2.46. The molecule has 1 N–H and O–H groups in total. The predicted octanol–water partition coefficient (Wildman–Crippen LogP) is 5.89. The summed E-state index contributed by atoms with van der Waals surface area (Å²) in [6.45, 7) is 26.7. The zero-order valence-corrected chi connectivity index (χ0v) is 20.3. The third-order valence-electron chi connectivity index (χ3n) is 5.69. The molecule has 0 unspecified atom stereocenters. The molecule has 0 rings (SSSR count). The van der Waals surface area contributed by atoms with Crippen LogP contribution in [0.3, 0.4) is 0 Å². The van der Waals surface area contributed by atoms with Gasteiger partial charge in [-0.1, -0.05) is 59.8 Å². The normalized spacial score (nSPS) is 16.9. The maximum Gasteiger partial charge on any atom is 0.193 e. The quantitative estimate of drug-likeness (QED) is 0.305. The summed E-state index contributed by atoms with van der Waals surface area (Å²) < 4.78 is 12.5. The van der Waals surface area contributed by atoms with Crippen molar-refractivity contribution in [1.82, 2.24) is 0 Å². The number of hydrogen-bond acceptors (Lipinski definition) is 3. The van der Waals surface area contributed by atoms with E-state index >= 15 is 0 Å². The second kappa shape index (κ2) is 9.13. The molecule has 0 saturated carbocycles. The number of aliphatic hydroxyl groups excluding tert-OH is 1. The van der Waals surface area contributed by atoms with E-state index in [-0.39, 0.29) is 16.2 Å². The van der Waals surface area contributed by atoms with Gasteiger partial charge in [-0.25, -0.2) is 0 Å². The Balaban J connectivity index is 4.80. The molecule has 0 fully saturated rings. The molecule has 0 aliphatic carbocycles. The third kappa shape index (κ3) is 7.91. The molecule has 25 heavy (non-hydrogen) atoms. The summed E-state index contributed by atoms with van der Waals surface area (Å²) in [6, 6.07) is 0. The number of rotatable bonds is 9. The molecule has 2 atom stereocenters. The standard InChI is InChI=1S/C20H42O3Si2/c1-12-17(21)18(23-25(10,11)20(5,6)7)15-13-14-16-22-24(8,9)19(2,3)4/h12-13,15,17-18,21H,1,14,16H2,2-11H3/t17-,18-/m0/s1. The van der Waals surface area contributed by atoms with E-state index in [0.29, 0.717) is 6.61 Å². The summed E-state index contributed by atoms with van der Waals surface area (Å²) in [6.07, 6.45) is 5.39. The fraction of sp³-hybridized carbons (Fsp3) is 0.800. The van der Waals surface area contributed by atoms with Crippen LogP contribution in [0.2, 0.25) is 36.3 Å². The molecule has 148 valence electrons. The Hall–Kier alpha value is -0.206. The fourth-order valence-electron chi connectivity index (χ4n) is 1.70. The van der Waals surface area contributed by atoms with Crippen LogP contribution in [-0.2, 0) is 8.85 Å². The Morgan fingerprint density at radius 3 is 1.84 bits per heavy atom. The zero-order chi connectivity index (χ0) is 20.1. The summed E-state index contributed by atoms with van der Waals surface area (Å²) in [4.78, 5) is 0. The Labute approximate surface area is 158 Å². The first-order valence-corrected chi connectivity index (χ1v) is 15.2. The molecule has 0 amide bonds. The van der Waals surface area contributed by atoms with Crippen LogP contribution in [0.1, 0.15) is 48.0 Å². The highest BCUT2D eigenvalue weighted by molar-refractivity contribution is 6.74. The maximum atomic E-state index is 10.2. The van der Waals surface area contributed by atoms with Gasteiger partial charge in [-0.2, -0.15) is 0 Å². The number of hydrogen-bond donors (Lipinski definition) is 1. The van der Waals surface area contributed by atoms with Gasteiger partial charge in [-0.05, 0) is 42.7 Å². The van der Waals surface area contributed by atoms with Crippen molar-refractivity contribution in [2.75, 3.05) is 6.61 Å². The smallest absolute Gasteiger partial charge is 0.193 e. The first kappa shape index (κ1) is 24.8. The van der Waals surface area contributed by atoms with E-state index in [1.165, 1.54) is 0 Å². The van der Waals surface area contributed by atoms with Crippen LogP contribution in [0, 0.1) is 0 Å². The third-order valence-corrected chi connectivity index (χ3v) is 14.7. The van der Waals surface area contributed by atoms with Gasteiger partial charge in [0.15, 0.2) is 16.6 Å². The van der Waals surface area contributed by atoms with Crippen molar-refractivity contribution >= 4 is 16.6 Å². The van der Waals surface area contributed by atoms with Gasteiger partial charge in [-0.3, -0.25) is 0 Å². The van der Waals surface area contributed by atoms with Gasteiger partial charge < -0.3 is 14.0 Å². The molecule has 0 heterocycles. The Morgan fingerprint density at radius 1 is 0.960 bits per heavy atom. The van der Waals surface area contributed by atoms with E-state index in [2.05, 4.69) is 80.4 Å². The van der Waals surface area contributed by atoms with Crippen LogP contribution in [-0.4, -0.2) is 40.6 Å². The molecule has 0 aromatic heterocycles.